The van der Waals surface area contributed by atoms with Crippen molar-refractivity contribution in [1.29, 1.82) is 0 Å². The van der Waals surface area contributed by atoms with Gasteiger partial charge in [0, 0.05) is 12.1 Å². The maximum atomic E-state index is 11.2. The summed E-state index contributed by atoms with van der Waals surface area (Å²) in [5, 5.41) is 8.86. The molecule has 0 amide bonds. The minimum atomic E-state index is -3.49. The van der Waals surface area contributed by atoms with Crippen LogP contribution in [0.4, 0.5) is 0 Å². The molecule has 0 aromatic heterocycles. The van der Waals surface area contributed by atoms with Crippen LogP contribution in [0.25, 0.3) is 0 Å². The lowest BCUT2D eigenvalue weighted by Crippen LogP contribution is -2.48. The van der Waals surface area contributed by atoms with Crippen molar-refractivity contribution in [2.24, 2.45) is 0 Å². The highest BCUT2D eigenvalue weighted by molar-refractivity contribution is 7.87. The van der Waals surface area contributed by atoms with Crippen molar-refractivity contribution >= 4 is 10.2 Å². The minimum absolute atomic E-state index is 0.0193. The Morgan fingerprint density at radius 2 is 1.85 bits per heavy atom. The third kappa shape index (κ3) is 8.17. The van der Waals surface area contributed by atoms with E-state index in [1.165, 1.54) is 6.92 Å². The average molecular weight is 210 g/mol. The van der Waals surface area contributed by atoms with Crippen molar-refractivity contribution in [2.75, 3.05) is 6.54 Å². The van der Waals surface area contributed by atoms with Crippen LogP contribution < -0.4 is 9.44 Å². The van der Waals surface area contributed by atoms with Gasteiger partial charge >= 0.3 is 0 Å². The van der Waals surface area contributed by atoms with E-state index in [1.54, 1.807) is 20.8 Å². The van der Waals surface area contributed by atoms with Crippen molar-refractivity contribution in [3.63, 3.8) is 0 Å². The molecule has 0 aromatic carbocycles. The van der Waals surface area contributed by atoms with Gasteiger partial charge in [0.1, 0.15) is 0 Å². The molecule has 6 heteroatoms. The standard InChI is InChI=1S/C7H18N2O3S/c1-6(10)5-8-13(11,12)9-7(2,3)4/h6,8-10H,5H2,1-4H3. The van der Waals surface area contributed by atoms with Gasteiger partial charge in [-0.3, -0.25) is 0 Å². The van der Waals surface area contributed by atoms with Crippen molar-refractivity contribution < 1.29 is 13.5 Å². The van der Waals surface area contributed by atoms with Gasteiger partial charge in [-0.05, 0) is 27.7 Å². The van der Waals surface area contributed by atoms with Gasteiger partial charge in [0.15, 0.2) is 0 Å². The molecule has 0 aromatic rings. The smallest absolute Gasteiger partial charge is 0.277 e. The maximum Gasteiger partial charge on any atom is 0.277 e. The molecule has 0 spiro atoms. The topological polar surface area (TPSA) is 78.4 Å². The predicted molar refractivity (Wildman–Crippen MR) is 51.5 cm³/mol. The van der Waals surface area contributed by atoms with E-state index in [1.807, 2.05) is 0 Å². The second kappa shape index (κ2) is 4.36. The fourth-order valence-electron chi connectivity index (χ4n) is 0.669. The Morgan fingerprint density at radius 1 is 1.38 bits per heavy atom. The second-order valence-electron chi connectivity index (χ2n) is 4.05. The monoisotopic (exact) mass is 210 g/mol. The number of nitrogens with one attached hydrogen (secondary N) is 2. The Morgan fingerprint density at radius 3 is 2.15 bits per heavy atom. The van der Waals surface area contributed by atoms with E-state index in [2.05, 4.69) is 9.44 Å². The number of aliphatic hydroxyl groups excluding tert-OH is 1. The number of aliphatic hydroxyl groups is 1. The molecule has 13 heavy (non-hydrogen) atoms. The first kappa shape index (κ1) is 12.8. The third-order valence-electron chi connectivity index (χ3n) is 1.01. The fourth-order valence-corrected chi connectivity index (χ4v) is 2.01. The van der Waals surface area contributed by atoms with Crippen molar-refractivity contribution in [2.45, 2.75) is 39.3 Å². The molecule has 0 saturated heterocycles. The third-order valence-corrected chi connectivity index (χ3v) is 2.44. The molecule has 0 aliphatic rings. The number of rotatable bonds is 4. The van der Waals surface area contributed by atoms with E-state index >= 15 is 0 Å². The Labute approximate surface area is 79.7 Å². The van der Waals surface area contributed by atoms with Gasteiger partial charge in [0.05, 0.1) is 6.10 Å². The van der Waals surface area contributed by atoms with Crippen molar-refractivity contribution in [3.8, 4) is 0 Å². The molecule has 3 N–H and O–H groups in total. The Bertz CT molecular complexity index is 241. The zero-order valence-corrected chi connectivity index (χ0v) is 9.27. The lowest BCUT2D eigenvalue weighted by molar-refractivity contribution is 0.198. The largest absolute Gasteiger partial charge is 0.392 e. The van der Waals surface area contributed by atoms with Crippen LogP contribution in [0.15, 0.2) is 0 Å². The summed E-state index contributed by atoms with van der Waals surface area (Å²) in [5.41, 5.74) is -0.509. The highest BCUT2D eigenvalue weighted by Gasteiger charge is 2.19. The van der Waals surface area contributed by atoms with Crippen LogP contribution in [-0.4, -0.2) is 31.7 Å². The van der Waals surface area contributed by atoms with Crippen LogP contribution in [0.5, 0.6) is 0 Å². The lowest BCUT2D eigenvalue weighted by atomic mass is 10.1. The van der Waals surface area contributed by atoms with E-state index in [4.69, 9.17) is 5.11 Å². The average Bonchev–Trinajstić information content (AvgIpc) is 1.78. The van der Waals surface area contributed by atoms with Gasteiger partial charge in [-0.25, -0.2) is 0 Å². The quantitative estimate of drug-likeness (QED) is 0.590. The van der Waals surface area contributed by atoms with Crippen molar-refractivity contribution in [1.82, 2.24) is 9.44 Å². The van der Waals surface area contributed by atoms with E-state index in [9.17, 15) is 8.42 Å². The lowest BCUT2D eigenvalue weighted by Gasteiger charge is -2.20. The van der Waals surface area contributed by atoms with E-state index < -0.39 is 21.9 Å². The van der Waals surface area contributed by atoms with Gasteiger partial charge in [-0.15, -0.1) is 0 Å². The first-order chi connectivity index (χ1) is 5.62. The van der Waals surface area contributed by atoms with Crippen LogP contribution in [0.2, 0.25) is 0 Å². The molecule has 1 unspecified atom stereocenters. The summed E-state index contributed by atoms with van der Waals surface area (Å²) in [4.78, 5) is 0. The first-order valence-electron chi connectivity index (χ1n) is 4.09. The summed E-state index contributed by atoms with van der Waals surface area (Å²) in [6, 6.07) is 0. The highest BCUT2D eigenvalue weighted by atomic mass is 32.2. The SMILES string of the molecule is CC(O)CNS(=O)(=O)NC(C)(C)C. The van der Waals surface area contributed by atoms with Crippen molar-refractivity contribution in [3.05, 3.63) is 0 Å². The van der Waals surface area contributed by atoms with Crippen LogP contribution in [0.1, 0.15) is 27.7 Å². The molecular weight excluding hydrogens is 192 g/mol. The second-order valence-corrected chi connectivity index (χ2v) is 5.55. The Balaban J connectivity index is 4.11. The molecule has 0 fully saturated rings. The fraction of sp³-hybridized carbons (Fsp3) is 1.00. The molecule has 0 saturated carbocycles. The summed E-state index contributed by atoms with van der Waals surface area (Å²) in [5.74, 6) is 0. The van der Waals surface area contributed by atoms with E-state index in [0.717, 1.165) is 0 Å². The maximum absolute atomic E-state index is 11.2. The predicted octanol–water partition coefficient (Wildman–Crippen LogP) is -0.410. The Kier molecular flexibility index (Phi) is 4.31. The van der Waals surface area contributed by atoms with Crippen LogP contribution in [-0.2, 0) is 10.2 Å². The van der Waals surface area contributed by atoms with Gasteiger partial charge in [0.2, 0.25) is 0 Å². The molecule has 0 aliphatic heterocycles. The van der Waals surface area contributed by atoms with Crippen LogP contribution in [0.3, 0.4) is 0 Å². The first-order valence-corrected chi connectivity index (χ1v) is 5.57. The molecule has 0 bridgehead atoms. The van der Waals surface area contributed by atoms with Crippen LogP contribution >= 0.6 is 0 Å². The number of hydrogen-bond donors (Lipinski definition) is 3. The molecule has 0 rings (SSSR count). The summed E-state index contributed by atoms with van der Waals surface area (Å²) in [7, 11) is -3.49. The molecule has 5 nitrogen and oxygen atoms in total. The minimum Gasteiger partial charge on any atom is -0.392 e. The summed E-state index contributed by atoms with van der Waals surface area (Å²) < 4.78 is 27.1. The zero-order chi connectivity index (χ0) is 10.7. The molecule has 0 radical (unpaired) electrons. The van der Waals surface area contributed by atoms with Crippen LogP contribution in [0, 0.1) is 0 Å². The van der Waals surface area contributed by atoms with E-state index in [0.29, 0.717) is 0 Å². The normalized spacial score (nSPS) is 15.8. The molecule has 80 valence electrons. The molecule has 1 atom stereocenters. The van der Waals surface area contributed by atoms with Gasteiger partial charge in [-0.2, -0.15) is 17.9 Å². The molecule has 0 aliphatic carbocycles. The number of hydrogen-bond acceptors (Lipinski definition) is 3. The zero-order valence-electron chi connectivity index (χ0n) is 8.46. The summed E-state index contributed by atoms with van der Waals surface area (Å²) in [6.07, 6.45) is -0.684. The van der Waals surface area contributed by atoms with Gasteiger partial charge in [-0.1, -0.05) is 0 Å². The summed E-state index contributed by atoms with van der Waals surface area (Å²) >= 11 is 0. The van der Waals surface area contributed by atoms with Gasteiger partial charge in [0.25, 0.3) is 10.2 Å². The van der Waals surface area contributed by atoms with Gasteiger partial charge < -0.3 is 5.11 Å². The summed E-state index contributed by atoms with van der Waals surface area (Å²) in [6.45, 7) is 6.77. The van der Waals surface area contributed by atoms with E-state index in [-0.39, 0.29) is 6.54 Å². The molecule has 0 heterocycles. The molecular formula is C7H18N2O3S. The highest BCUT2D eigenvalue weighted by Crippen LogP contribution is 2.00. The Hall–Kier alpha value is -0.170.